The summed E-state index contributed by atoms with van der Waals surface area (Å²) < 4.78 is 13.1. The van der Waals surface area contributed by atoms with E-state index in [0.717, 1.165) is 35.4 Å². The molecule has 0 bridgehead atoms. The molecule has 1 N–H and O–H groups in total. The molecule has 2 unspecified atom stereocenters. The fourth-order valence-corrected chi connectivity index (χ4v) is 5.04. The number of piperidine rings is 1. The van der Waals surface area contributed by atoms with Crippen LogP contribution in [0.2, 0.25) is 0 Å². The molecular weight excluding hydrogens is 440 g/mol. The average molecular weight is 479 g/mol. The number of carbonyl (C=O) groups excluding carboxylic acids is 1. The van der Waals surface area contributed by atoms with E-state index in [4.69, 9.17) is 9.47 Å². The number of hydrogen-bond donors (Lipinski definition) is 1. The van der Waals surface area contributed by atoms with Gasteiger partial charge in [0.2, 0.25) is 5.91 Å². The summed E-state index contributed by atoms with van der Waals surface area (Å²) in [7, 11) is 3.28. The van der Waals surface area contributed by atoms with E-state index in [2.05, 4.69) is 39.5 Å². The number of methoxy groups -OCH3 is 2. The summed E-state index contributed by atoms with van der Waals surface area (Å²) in [6, 6.07) is 10.6. The lowest BCUT2D eigenvalue weighted by Crippen LogP contribution is -2.39. The minimum absolute atomic E-state index is 0.0329. The minimum Gasteiger partial charge on any atom is -0.497 e. The number of benzene rings is 1. The number of amides is 1. The molecule has 1 saturated heterocycles. The fourth-order valence-electron chi connectivity index (χ4n) is 5.04. The SMILES string of the molecule is COc1cc(OC)cc(C(CC(=O)NCCCN2CCCCC2C)c2cnc3cc(C)ccn23)c1. The molecule has 1 amide bonds. The lowest BCUT2D eigenvalue weighted by Gasteiger charge is -2.33. The highest BCUT2D eigenvalue weighted by Crippen LogP contribution is 2.34. The average Bonchev–Trinajstić information content (AvgIpc) is 3.28. The Hall–Kier alpha value is -3.06. The molecule has 0 spiro atoms. The third-order valence-corrected chi connectivity index (χ3v) is 7.10. The maximum Gasteiger partial charge on any atom is 0.221 e. The van der Waals surface area contributed by atoms with Crippen LogP contribution >= 0.6 is 0 Å². The van der Waals surface area contributed by atoms with E-state index < -0.39 is 0 Å². The number of imidazole rings is 1. The maximum atomic E-state index is 13.1. The van der Waals surface area contributed by atoms with Crippen LogP contribution in [0.1, 0.15) is 61.8 Å². The number of aryl methyl sites for hydroxylation is 1. The molecule has 1 aliphatic rings. The van der Waals surface area contributed by atoms with Crippen LogP contribution in [0.4, 0.5) is 0 Å². The van der Waals surface area contributed by atoms with E-state index in [9.17, 15) is 4.79 Å². The van der Waals surface area contributed by atoms with Crippen LogP contribution in [0.3, 0.4) is 0 Å². The number of carbonyl (C=O) groups is 1. The Kier molecular flexibility index (Phi) is 8.29. The summed E-state index contributed by atoms with van der Waals surface area (Å²) in [4.78, 5) is 20.3. The summed E-state index contributed by atoms with van der Waals surface area (Å²) in [5.74, 6) is 1.24. The lowest BCUT2D eigenvalue weighted by atomic mass is 9.91. The van der Waals surface area contributed by atoms with Crippen LogP contribution in [0.25, 0.3) is 5.65 Å². The van der Waals surface area contributed by atoms with Gasteiger partial charge in [0.15, 0.2) is 0 Å². The van der Waals surface area contributed by atoms with Gasteiger partial charge in [-0.15, -0.1) is 0 Å². The van der Waals surface area contributed by atoms with Gasteiger partial charge in [0.05, 0.1) is 19.9 Å². The highest BCUT2D eigenvalue weighted by molar-refractivity contribution is 5.77. The van der Waals surface area contributed by atoms with Crippen molar-refractivity contribution in [3.8, 4) is 11.5 Å². The number of aromatic nitrogens is 2. The molecule has 3 heterocycles. The molecule has 2 aromatic heterocycles. The van der Waals surface area contributed by atoms with Gasteiger partial charge in [-0.1, -0.05) is 6.42 Å². The predicted octanol–water partition coefficient (Wildman–Crippen LogP) is 4.56. The number of likely N-dealkylation sites (tertiary alicyclic amines) is 1. The number of ether oxygens (including phenoxy) is 2. The molecule has 1 aliphatic heterocycles. The molecule has 35 heavy (non-hydrogen) atoms. The van der Waals surface area contributed by atoms with Crippen LogP contribution in [0.5, 0.6) is 11.5 Å². The molecule has 7 nitrogen and oxygen atoms in total. The van der Waals surface area contributed by atoms with Crippen molar-refractivity contribution >= 4 is 11.6 Å². The number of nitrogens with zero attached hydrogens (tertiary/aromatic N) is 3. The first kappa shape index (κ1) is 25.0. The largest absolute Gasteiger partial charge is 0.497 e. The Morgan fingerprint density at radius 2 is 1.94 bits per heavy atom. The van der Waals surface area contributed by atoms with Crippen LogP contribution < -0.4 is 14.8 Å². The van der Waals surface area contributed by atoms with Crippen LogP contribution in [0.15, 0.2) is 42.7 Å². The summed E-state index contributed by atoms with van der Waals surface area (Å²) in [5.41, 5.74) is 3.94. The smallest absolute Gasteiger partial charge is 0.221 e. The van der Waals surface area contributed by atoms with Gasteiger partial charge in [0, 0.05) is 49.9 Å². The Labute approximate surface area is 208 Å². The summed E-state index contributed by atoms with van der Waals surface area (Å²) in [6.45, 7) is 7.24. The van der Waals surface area contributed by atoms with Crippen LogP contribution in [-0.2, 0) is 4.79 Å². The summed E-state index contributed by atoms with van der Waals surface area (Å²) in [6.07, 6.45) is 9.05. The molecular formula is C28H38N4O3. The molecule has 0 saturated carbocycles. The van der Waals surface area contributed by atoms with Crippen molar-refractivity contribution < 1.29 is 14.3 Å². The van der Waals surface area contributed by atoms with Crippen molar-refractivity contribution in [3.63, 3.8) is 0 Å². The number of nitrogens with one attached hydrogen (secondary N) is 1. The van der Waals surface area contributed by atoms with Gasteiger partial charge in [0.25, 0.3) is 0 Å². The standard InChI is InChI=1S/C28H38N4O3/c1-20-9-13-32-26(19-30-27(32)14-20)25(22-15-23(34-3)17-24(16-22)35-4)18-28(33)29-10-7-12-31-11-6-5-8-21(31)2/h9,13-17,19,21,25H,5-8,10-12,18H2,1-4H3,(H,29,33). The van der Waals surface area contributed by atoms with Crippen molar-refractivity contribution in [3.05, 3.63) is 59.5 Å². The van der Waals surface area contributed by atoms with Gasteiger partial charge in [-0.3, -0.25) is 4.79 Å². The quantitative estimate of drug-likeness (QED) is 0.433. The molecule has 1 aromatic carbocycles. The number of pyridine rings is 1. The zero-order valence-corrected chi connectivity index (χ0v) is 21.4. The van der Waals surface area contributed by atoms with Crippen LogP contribution in [-0.4, -0.2) is 60.1 Å². The normalized spacial score (nSPS) is 17.3. The minimum atomic E-state index is -0.196. The van der Waals surface area contributed by atoms with E-state index in [1.54, 1.807) is 14.2 Å². The Morgan fingerprint density at radius 3 is 2.66 bits per heavy atom. The highest BCUT2D eigenvalue weighted by Gasteiger charge is 2.24. The van der Waals surface area contributed by atoms with E-state index in [1.165, 1.54) is 25.8 Å². The summed E-state index contributed by atoms with van der Waals surface area (Å²) in [5, 5.41) is 3.16. The van der Waals surface area contributed by atoms with Crippen LogP contribution in [0, 0.1) is 6.92 Å². The van der Waals surface area contributed by atoms with Gasteiger partial charge in [-0.2, -0.15) is 0 Å². The van der Waals surface area contributed by atoms with Crippen molar-refractivity contribution in [2.45, 2.75) is 57.9 Å². The molecule has 0 aliphatic carbocycles. The molecule has 7 heteroatoms. The van der Waals surface area contributed by atoms with Gasteiger partial charge in [0.1, 0.15) is 17.1 Å². The summed E-state index contributed by atoms with van der Waals surface area (Å²) >= 11 is 0. The molecule has 188 valence electrons. The van der Waals surface area contributed by atoms with Crippen molar-refractivity contribution in [2.75, 3.05) is 33.9 Å². The van der Waals surface area contributed by atoms with Gasteiger partial charge in [-0.05, 0) is 75.0 Å². The molecule has 0 radical (unpaired) electrons. The van der Waals surface area contributed by atoms with Gasteiger partial charge >= 0.3 is 0 Å². The second-order valence-corrected chi connectivity index (χ2v) is 9.60. The molecule has 3 aromatic rings. The molecule has 1 fully saturated rings. The molecule has 4 rings (SSSR count). The van der Waals surface area contributed by atoms with Crippen molar-refractivity contribution in [2.24, 2.45) is 0 Å². The number of hydrogen-bond acceptors (Lipinski definition) is 5. The number of fused-ring (bicyclic) bond motifs is 1. The third kappa shape index (κ3) is 6.14. The van der Waals surface area contributed by atoms with Gasteiger partial charge < -0.3 is 24.1 Å². The second-order valence-electron chi connectivity index (χ2n) is 9.60. The van der Waals surface area contributed by atoms with Crippen molar-refractivity contribution in [1.29, 1.82) is 0 Å². The van der Waals surface area contributed by atoms with E-state index in [1.807, 2.05) is 36.7 Å². The van der Waals surface area contributed by atoms with E-state index in [0.29, 0.717) is 30.5 Å². The van der Waals surface area contributed by atoms with E-state index in [-0.39, 0.29) is 11.8 Å². The maximum absolute atomic E-state index is 13.1. The Morgan fingerprint density at radius 1 is 1.17 bits per heavy atom. The Bertz CT molecular complexity index is 1120. The molecule has 2 atom stereocenters. The van der Waals surface area contributed by atoms with Crippen molar-refractivity contribution in [1.82, 2.24) is 19.6 Å². The number of rotatable bonds is 10. The topological polar surface area (TPSA) is 68.1 Å². The van der Waals surface area contributed by atoms with Gasteiger partial charge in [-0.25, -0.2) is 4.98 Å². The highest BCUT2D eigenvalue weighted by atomic mass is 16.5. The first-order chi connectivity index (χ1) is 17.0. The zero-order valence-electron chi connectivity index (χ0n) is 21.4. The zero-order chi connectivity index (χ0) is 24.8. The lowest BCUT2D eigenvalue weighted by molar-refractivity contribution is -0.121. The Balaban J connectivity index is 1.51. The first-order valence-electron chi connectivity index (χ1n) is 12.7. The fraction of sp³-hybridized carbons (Fsp3) is 0.500. The monoisotopic (exact) mass is 478 g/mol. The van der Waals surface area contributed by atoms with E-state index >= 15 is 0 Å². The second kappa shape index (κ2) is 11.6. The third-order valence-electron chi connectivity index (χ3n) is 7.10. The first-order valence-corrected chi connectivity index (χ1v) is 12.7. The predicted molar refractivity (Wildman–Crippen MR) is 138 cm³/mol.